The number of carbonyl (C=O) groups excluding carboxylic acids is 1. The third kappa shape index (κ3) is 5.38. The van der Waals surface area contributed by atoms with E-state index in [0.29, 0.717) is 29.5 Å². The van der Waals surface area contributed by atoms with Gasteiger partial charge in [0, 0.05) is 30.5 Å². The second-order valence-electron chi connectivity index (χ2n) is 5.85. The Morgan fingerprint density at radius 2 is 1.96 bits per heavy atom. The van der Waals surface area contributed by atoms with Crippen LogP contribution in [0.25, 0.3) is 0 Å². The molecular weight excluding hydrogens is 290 g/mol. The smallest absolute Gasteiger partial charge is 0.251 e. The van der Waals surface area contributed by atoms with E-state index in [1.807, 2.05) is 6.07 Å². The van der Waals surface area contributed by atoms with Crippen molar-refractivity contribution in [3.05, 3.63) is 54.4 Å². The first kappa shape index (κ1) is 17.0. The molecular formula is C18H23N3O2. The van der Waals surface area contributed by atoms with Gasteiger partial charge < -0.3 is 15.8 Å². The van der Waals surface area contributed by atoms with Crippen molar-refractivity contribution in [1.29, 1.82) is 0 Å². The SMILES string of the molecule is CC(C)CC(CN)NC(=O)c1cccc(Oc2ccncc2)c1. The average Bonchev–Trinajstić information content (AvgIpc) is 2.55. The van der Waals surface area contributed by atoms with Crippen LogP contribution in [0.5, 0.6) is 11.5 Å². The topological polar surface area (TPSA) is 77.2 Å². The highest BCUT2D eigenvalue weighted by atomic mass is 16.5. The lowest BCUT2D eigenvalue weighted by molar-refractivity contribution is 0.0933. The minimum Gasteiger partial charge on any atom is -0.457 e. The first-order valence-electron chi connectivity index (χ1n) is 7.77. The third-order valence-electron chi connectivity index (χ3n) is 3.36. The van der Waals surface area contributed by atoms with E-state index in [-0.39, 0.29) is 11.9 Å². The molecule has 0 saturated carbocycles. The van der Waals surface area contributed by atoms with Gasteiger partial charge in [0.25, 0.3) is 5.91 Å². The van der Waals surface area contributed by atoms with Gasteiger partial charge in [-0.05, 0) is 42.7 Å². The number of ether oxygens (including phenoxy) is 1. The second-order valence-corrected chi connectivity index (χ2v) is 5.85. The number of hydrogen-bond acceptors (Lipinski definition) is 4. The van der Waals surface area contributed by atoms with Crippen molar-refractivity contribution in [2.75, 3.05) is 6.54 Å². The highest BCUT2D eigenvalue weighted by Gasteiger charge is 2.14. The molecule has 0 aliphatic heterocycles. The summed E-state index contributed by atoms with van der Waals surface area (Å²) >= 11 is 0. The molecule has 1 unspecified atom stereocenters. The van der Waals surface area contributed by atoms with Gasteiger partial charge in [-0.3, -0.25) is 9.78 Å². The number of amides is 1. The van der Waals surface area contributed by atoms with Gasteiger partial charge in [0.05, 0.1) is 0 Å². The van der Waals surface area contributed by atoms with Crippen molar-refractivity contribution in [2.24, 2.45) is 11.7 Å². The number of carbonyl (C=O) groups is 1. The van der Waals surface area contributed by atoms with E-state index in [2.05, 4.69) is 24.1 Å². The minimum atomic E-state index is -0.138. The fourth-order valence-electron chi connectivity index (χ4n) is 2.30. The Balaban J connectivity index is 2.05. The molecule has 1 amide bonds. The lowest BCUT2D eigenvalue weighted by atomic mass is 10.0. The van der Waals surface area contributed by atoms with Crippen LogP contribution >= 0.6 is 0 Å². The summed E-state index contributed by atoms with van der Waals surface area (Å²) < 4.78 is 5.72. The molecule has 23 heavy (non-hydrogen) atoms. The zero-order valence-corrected chi connectivity index (χ0v) is 13.5. The van der Waals surface area contributed by atoms with Gasteiger partial charge in [0.2, 0.25) is 0 Å². The number of aromatic nitrogens is 1. The summed E-state index contributed by atoms with van der Waals surface area (Å²) in [5.41, 5.74) is 6.29. The summed E-state index contributed by atoms with van der Waals surface area (Å²) in [6.45, 7) is 4.65. The Kier molecular flexibility index (Phi) is 6.11. The molecule has 1 aromatic heterocycles. The largest absolute Gasteiger partial charge is 0.457 e. The normalized spacial score (nSPS) is 12.0. The fourth-order valence-corrected chi connectivity index (χ4v) is 2.30. The Morgan fingerprint density at radius 3 is 2.61 bits per heavy atom. The second kappa shape index (κ2) is 8.29. The first-order valence-corrected chi connectivity index (χ1v) is 7.77. The van der Waals surface area contributed by atoms with Crippen molar-refractivity contribution in [3.8, 4) is 11.5 Å². The predicted octanol–water partition coefficient (Wildman–Crippen LogP) is 2.98. The molecule has 3 N–H and O–H groups in total. The maximum atomic E-state index is 12.4. The Labute approximate surface area is 136 Å². The maximum absolute atomic E-state index is 12.4. The van der Waals surface area contributed by atoms with E-state index < -0.39 is 0 Å². The number of rotatable bonds is 7. The van der Waals surface area contributed by atoms with E-state index in [9.17, 15) is 4.79 Å². The van der Waals surface area contributed by atoms with Crippen LogP contribution in [0.2, 0.25) is 0 Å². The molecule has 0 spiro atoms. The van der Waals surface area contributed by atoms with Gasteiger partial charge in [0.1, 0.15) is 11.5 Å². The molecule has 122 valence electrons. The molecule has 1 aromatic carbocycles. The Morgan fingerprint density at radius 1 is 1.22 bits per heavy atom. The van der Waals surface area contributed by atoms with E-state index in [1.165, 1.54) is 0 Å². The number of nitrogens with zero attached hydrogens (tertiary/aromatic N) is 1. The predicted molar refractivity (Wildman–Crippen MR) is 90.5 cm³/mol. The van der Waals surface area contributed by atoms with Crippen LogP contribution in [-0.2, 0) is 0 Å². The van der Waals surface area contributed by atoms with Crippen LogP contribution in [-0.4, -0.2) is 23.5 Å². The quantitative estimate of drug-likeness (QED) is 0.824. The molecule has 2 aromatic rings. The Bertz CT molecular complexity index is 629. The van der Waals surface area contributed by atoms with Crippen molar-refractivity contribution in [2.45, 2.75) is 26.3 Å². The van der Waals surface area contributed by atoms with Crippen LogP contribution in [0, 0.1) is 5.92 Å². The first-order chi connectivity index (χ1) is 11.1. The average molecular weight is 313 g/mol. The molecule has 0 radical (unpaired) electrons. The van der Waals surface area contributed by atoms with Crippen LogP contribution in [0.1, 0.15) is 30.6 Å². The van der Waals surface area contributed by atoms with E-state index in [4.69, 9.17) is 10.5 Å². The lowest BCUT2D eigenvalue weighted by Crippen LogP contribution is -2.41. The van der Waals surface area contributed by atoms with E-state index in [1.54, 1.807) is 42.7 Å². The monoisotopic (exact) mass is 313 g/mol. The summed E-state index contributed by atoms with van der Waals surface area (Å²) in [5.74, 6) is 1.63. The molecule has 5 nitrogen and oxygen atoms in total. The standard InChI is InChI=1S/C18H23N3O2/c1-13(2)10-15(12-19)21-18(22)14-4-3-5-17(11-14)23-16-6-8-20-9-7-16/h3-9,11,13,15H,10,12,19H2,1-2H3,(H,21,22). The number of pyridine rings is 1. The number of nitrogens with one attached hydrogen (secondary N) is 1. The molecule has 5 heteroatoms. The van der Waals surface area contributed by atoms with Crippen molar-refractivity contribution in [1.82, 2.24) is 10.3 Å². The molecule has 0 saturated heterocycles. The molecule has 0 aliphatic carbocycles. The number of nitrogens with two attached hydrogens (primary N) is 1. The third-order valence-corrected chi connectivity index (χ3v) is 3.36. The highest BCUT2D eigenvalue weighted by Crippen LogP contribution is 2.21. The highest BCUT2D eigenvalue weighted by molar-refractivity contribution is 5.94. The zero-order valence-electron chi connectivity index (χ0n) is 13.5. The van der Waals surface area contributed by atoms with Gasteiger partial charge in [-0.2, -0.15) is 0 Å². The van der Waals surface area contributed by atoms with Gasteiger partial charge in [-0.1, -0.05) is 19.9 Å². The fraction of sp³-hybridized carbons (Fsp3) is 0.333. The molecule has 2 rings (SSSR count). The number of benzene rings is 1. The summed E-state index contributed by atoms with van der Waals surface area (Å²) in [4.78, 5) is 16.3. The van der Waals surface area contributed by atoms with Crippen molar-refractivity contribution in [3.63, 3.8) is 0 Å². The van der Waals surface area contributed by atoms with Crippen LogP contribution in [0.4, 0.5) is 0 Å². The molecule has 0 bridgehead atoms. The lowest BCUT2D eigenvalue weighted by Gasteiger charge is -2.19. The molecule has 1 atom stereocenters. The summed E-state index contributed by atoms with van der Waals surface area (Å²) in [7, 11) is 0. The maximum Gasteiger partial charge on any atom is 0.251 e. The van der Waals surface area contributed by atoms with Gasteiger partial charge >= 0.3 is 0 Å². The van der Waals surface area contributed by atoms with Gasteiger partial charge in [0.15, 0.2) is 0 Å². The minimum absolute atomic E-state index is 0.0210. The van der Waals surface area contributed by atoms with Gasteiger partial charge in [-0.15, -0.1) is 0 Å². The van der Waals surface area contributed by atoms with Crippen molar-refractivity contribution < 1.29 is 9.53 Å². The summed E-state index contributed by atoms with van der Waals surface area (Å²) in [6, 6.07) is 10.6. The molecule has 1 heterocycles. The van der Waals surface area contributed by atoms with Crippen LogP contribution < -0.4 is 15.8 Å². The van der Waals surface area contributed by atoms with Crippen LogP contribution in [0.15, 0.2) is 48.8 Å². The van der Waals surface area contributed by atoms with Crippen LogP contribution in [0.3, 0.4) is 0 Å². The van der Waals surface area contributed by atoms with Gasteiger partial charge in [-0.25, -0.2) is 0 Å². The zero-order chi connectivity index (χ0) is 16.7. The summed E-state index contributed by atoms with van der Waals surface area (Å²) in [5, 5.41) is 2.98. The van der Waals surface area contributed by atoms with Crippen molar-refractivity contribution >= 4 is 5.91 Å². The summed E-state index contributed by atoms with van der Waals surface area (Å²) in [6.07, 6.45) is 4.17. The Hall–Kier alpha value is -2.40. The number of hydrogen-bond donors (Lipinski definition) is 2. The van der Waals surface area contributed by atoms with E-state index in [0.717, 1.165) is 6.42 Å². The molecule has 0 fully saturated rings. The molecule has 0 aliphatic rings. The van der Waals surface area contributed by atoms with E-state index >= 15 is 0 Å².